The Morgan fingerprint density at radius 2 is 1.84 bits per heavy atom. The zero-order chi connectivity index (χ0) is 21.6. The van der Waals surface area contributed by atoms with Gasteiger partial charge in [-0.1, -0.05) is 35.2 Å². The van der Waals surface area contributed by atoms with Crippen LogP contribution in [0.4, 0.5) is 4.79 Å². The van der Waals surface area contributed by atoms with Crippen molar-refractivity contribution in [3.05, 3.63) is 28.2 Å². The highest BCUT2D eigenvalue weighted by Gasteiger charge is 2.31. The first-order chi connectivity index (χ1) is 15.1. The predicted octanol–water partition coefficient (Wildman–Crippen LogP) is 5.22. The molecule has 31 heavy (non-hydrogen) atoms. The molecule has 1 aliphatic carbocycles. The molecule has 1 aromatic carbocycles. The number of benzene rings is 1. The molecule has 0 aromatic heterocycles. The molecule has 3 aliphatic rings. The number of likely N-dealkylation sites (tertiary alicyclic amines) is 1. The normalized spacial score (nSPS) is 24.3. The van der Waals surface area contributed by atoms with Crippen LogP contribution in [0.1, 0.15) is 63.4 Å². The molecule has 5 nitrogen and oxygen atoms in total. The van der Waals surface area contributed by atoms with Crippen LogP contribution in [-0.2, 0) is 6.42 Å². The molecule has 0 radical (unpaired) electrons. The van der Waals surface area contributed by atoms with Crippen LogP contribution in [0.25, 0.3) is 0 Å². The third-order valence-corrected chi connectivity index (χ3v) is 8.36. The number of amides is 2. The minimum absolute atomic E-state index is 0.186. The summed E-state index contributed by atoms with van der Waals surface area (Å²) >= 11 is 3.70. The fraction of sp³-hybridized carbons (Fsp3) is 0.720. The number of carbonyl (C=O) groups is 1. The van der Waals surface area contributed by atoms with Crippen LogP contribution in [0, 0.1) is 5.92 Å². The standard InChI is InChI=1S/C25H38BrN3O2/c1-31-23-7-8-24(26)20(18-23)17-19-9-13-28(14-10-19)15-11-21-12-16-29(25(30)27-21)22-5-3-2-4-6-22/h7-8,18-19,21-22H,2-6,9-17H2,1H3,(H,27,30). The SMILES string of the molecule is COc1ccc(Br)c(CC2CCN(CCC3CCN(C4CCCCC4)C(=O)N3)CC2)c1. The lowest BCUT2D eigenvalue weighted by Gasteiger charge is -2.40. The van der Waals surface area contributed by atoms with E-state index in [1.54, 1.807) is 7.11 Å². The molecule has 2 heterocycles. The summed E-state index contributed by atoms with van der Waals surface area (Å²) in [5.74, 6) is 1.67. The number of rotatable bonds is 7. The molecular formula is C25H38BrN3O2. The molecule has 2 aliphatic heterocycles. The van der Waals surface area contributed by atoms with Gasteiger partial charge in [0.2, 0.25) is 0 Å². The maximum absolute atomic E-state index is 12.6. The molecule has 3 fully saturated rings. The summed E-state index contributed by atoms with van der Waals surface area (Å²) in [6, 6.07) is 7.28. The number of ether oxygens (including phenoxy) is 1. The lowest BCUT2D eigenvalue weighted by molar-refractivity contribution is 0.124. The number of halogens is 1. The molecule has 1 N–H and O–H groups in total. The van der Waals surface area contributed by atoms with E-state index in [9.17, 15) is 4.79 Å². The maximum Gasteiger partial charge on any atom is 0.317 e. The molecule has 0 spiro atoms. The van der Waals surface area contributed by atoms with Crippen LogP contribution in [0.15, 0.2) is 22.7 Å². The monoisotopic (exact) mass is 491 g/mol. The van der Waals surface area contributed by atoms with Crippen molar-refractivity contribution in [1.29, 1.82) is 0 Å². The summed E-state index contributed by atoms with van der Waals surface area (Å²) < 4.78 is 6.58. The van der Waals surface area contributed by atoms with Crippen LogP contribution in [-0.4, -0.2) is 61.2 Å². The van der Waals surface area contributed by atoms with Gasteiger partial charge in [-0.25, -0.2) is 4.79 Å². The molecule has 1 saturated carbocycles. The smallest absolute Gasteiger partial charge is 0.317 e. The molecule has 1 atom stereocenters. The fourth-order valence-electron chi connectivity index (χ4n) is 5.58. The van der Waals surface area contributed by atoms with Gasteiger partial charge in [0.05, 0.1) is 7.11 Å². The Balaban J connectivity index is 1.17. The minimum atomic E-state index is 0.186. The lowest BCUT2D eigenvalue weighted by atomic mass is 9.90. The van der Waals surface area contributed by atoms with Gasteiger partial charge in [0.25, 0.3) is 0 Å². The molecule has 1 unspecified atom stereocenters. The van der Waals surface area contributed by atoms with Crippen molar-refractivity contribution >= 4 is 22.0 Å². The van der Waals surface area contributed by atoms with Crippen molar-refractivity contribution in [2.45, 2.75) is 76.3 Å². The summed E-state index contributed by atoms with van der Waals surface area (Å²) in [4.78, 5) is 17.4. The Morgan fingerprint density at radius 1 is 1.06 bits per heavy atom. The quantitative estimate of drug-likeness (QED) is 0.568. The van der Waals surface area contributed by atoms with Crippen molar-refractivity contribution in [2.24, 2.45) is 5.92 Å². The topological polar surface area (TPSA) is 44.8 Å². The Kier molecular flexibility index (Phi) is 8.16. The van der Waals surface area contributed by atoms with Crippen LogP contribution in [0.5, 0.6) is 5.75 Å². The summed E-state index contributed by atoms with van der Waals surface area (Å²) in [6.07, 6.45) is 12.1. The van der Waals surface area contributed by atoms with Crippen LogP contribution < -0.4 is 10.1 Å². The number of carbonyl (C=O) groups excluding carboxylic acids is 1. The van der Waals surface area contributed by atoms with Crippen molar-refractivity contribution in [3.8, 4) is 5.75 Å². The number of nitrogens with zero attached hydrogens (tertiary/aromatic N) is 2. The molecule has 4 rings (SSSR count). The van der Waals surface area contributed by atoms with Crippen LogP contribution in [0.3, 0.4) is 0 Å². The number of urea groups is 1. The number of methoxy groups -OCH3 is 1. The molecule has 2 saturated heterocycles. The summed E-state index contributed by atoms with van der Waals surface area (Å²) in [6.45, 7) is 4.38. The number of piperidine rings is 1. The first-order valence-corrected chi connectivity index (χ1v) is 13.0. The molecule has 1 aromatic rings. The Bertz CT molecular complexity index is 729. The van der Waals surface area contributed by atoms with E-state index >= 15 is 0 Å². The summed E-state index contributed by atoms with van der Waals surface area (Å²) in [7, 11) is 1.73. The second kappa shape index (κ2) is 11.0. The first kappa shape index (κ1) is 22.9. The van der Waals surface area contributed by atoms with Crippen LogP contribution in [0.2, 0.25) is 0 Å². The lowest BCUT2D eigenvalue weighted by Crippen LogP contribution is -2.56. The van der Waals surface area contributed by atoms with E-state index in [-0.39, 0.29) is 6.03 Å². The summed E-state index contributed by atoms with van der Waals surface area (Å²) in [5.41, 5.74) is 1.35. The van der Waals surface area contributed by atoms with Gasteiger partial charge in [0.1, 0.15) is 5.75 Å². The zero-order valence-electron chi connectivity index (χ0n) is 19.0. The van der Waals surface area contributed by atoms with E-state index in [4.69, 9.17) is 4.74 Å². The largest absolute Gasteiger partial charge is 0.497 e. The Hall–Kier alpha value is -1.27. The van der Waals surface area contributed by atoms with Crippen LogP contribution >= 0.6 is 15.9 Å². The maximum atomic E-state index is 12.6. The third-order valence-electron chi connectivity index (χ3n) is 7.58. The van der Waals surface area contributed by atoms with Crippen molar-refractivity contribution < 1.29 is 9.53 Å². The van der Waals surface area contributed by atoms with Crippen molar-refractivity contribution in [3.63, 3.8) is 0 Å². The molecule has 0 bridgehead atoms. The number of hydrogen-bond donors (Lipinski definition) is 1. The highest BCUT2D eigenvalue weighted by Crippen LogP contribution is 2.29. The molecule has 172 valence electrons. The van der Waals surface area contributed by atoms with Gasteiger partial charge in [0, 0.05) is 29.6 Å². The Morgan fingerprint density at radius 3 is 2.55 bits per heavy atom. The van der Waals surface area contributed by atoms with Gasteiger partial charge in [-0.15, -0.1) is 0 Å². The van der Waals surface area contributed by atoms with Crippen molar-refractivity contribution in [1.82, 2.24) is 15.1 Å². The van der Waals surface area contributed by atoms with Crippen molar-refractivity contribution in [2.75, 3.05) is 33.3 Å². The van der Waals surface area contributed by atoms with E-state index in [1.165, 1.54) is 68.1 Å². The van der Waals surface area contributed by atoms with E-state index in [0.29, 0.717) is 12.1 Å². The average Bonchev–Trinajstić information content (AvgIpc) is 2.80. The van der Waals surface area contributed by atoms with E-state index in [0.717, 1.165) is 44.0 Å². The zero-order valence-corrected chi connectivity index (χ0v) is 20.5. The second-order valence-corrected chi connectivity index (χ2v) is 10.5. The Labute approximate surface area is 196 Å². The average molecular weight is 493 g/mol. The van der Waals surface area contributed by atoms with Gasteiger partial charge in [0.15, 0.2) is 0 Å². The highest BCUT2D eigenvalue weighted by molar-refractivity contribution is 9.10. The number of nitrogens with one attached hydrogen (secondary N) is 1. The highest BCUT2D eigenvalue weighted by atomic mass is 79.9. The fourth-order valence-corrected chi connectivity index (χ4v) is 5.99. The van der Waals surface area contributed by atoms with E-state index in [1.807, 2.05) is 6.07 Å². The summed E-state index contributed by atoms with van der Waals surface area (Å²) in [5, 5.41) is 3.31. The van der Waals surface area contributed by atoms with Gasteiger partial charge < -0.3 is 19.9 Å². The van der Waals surface area contributed by atoms with E-state index < -0.39 is 0 Å². The van der Waals surface area contributed by atoms with Gasteiger partial charge >= 0.3 is 6.03 Å². The third kappa shape index (κ3) is 6.16. The first-order valence-electron chi connectivity index (χ1n) is 12.2. The van der Waals surface area contributed by atoms with Gasteiger partial charge in [-0.2, -0.15) is 0 Å². The van der Waals surface area contributed by atoms with Gasteiger partial charge in [-0.3, -0.25) is 0 Å². The predicted molar refractivity (Wildman–Crippen MR) is 129 cm³/mol. The molecular weight excluding hydrogens is 454 g/mol. The number of hydrogen-bond acceptors (Lipinski definition) is 3. The molecule has 2 amide bonds. The van der Waals surface area contributed by atoms with Gasteiger partial charge in [-0.05, 0) is 87.7 Å². The minimum Gasteiger partial charge on any atom is -0.497 e. The second-order valence-electron chi connectivity index (χ2n) is 9.66. The van der Waals surface area contributed by atoms with E-state index in [2.05, 4.69) is 43.2 Å². The molecule has 6 heteroatoms.